The average molecular weight is 196 g/mol. The number of hydroxylamine groups is 2. The summed E-state index contributed by atoms with van der Waals surface area (Å²) >= 11 is 0. The third kappa shape index (κ3) is 2.46. The Morgan fingerprint density at radius 1 is 1.50 bits per heavy atom. The second-order valence-electron chi connectivity index (χ2n) is 4.12. The molecule has 0 aromatic heterocycles. The van der Waals surface area contributed by atoms with Gasteiger partial charge in [0.2, 0.25) is 0 Å². The minimum atomic E-state index is 0.141. The van der Waals surface area contributed by atoms with Gasteiger partial charge in [-0.2, -0.15) is 10.3 Å². The molecule has 0 bridgehead atoms. The van der Waals surface area contributed by atoms with Crippen LogP contribution in [0.4, 0.5) is 0 Å². The number of rotatable bonds is 3. The smallest absolute Gasteiger partial charge is 0.0673 e. The zero-order chi connectivity index (χ0) is 10.6. The molecule has 0 aromatic carbocycles. The van der Waals surface area contributed by atoms with Gasteiger partial charge in [0.25, 0.3) is 0 Å². The first-order valence-electron chi connectivity index (χ1n) is 5.39. The van der Waals surface area contributed by atoms with Gasteiger partial charge in [0.05, 0.1) is 25.1 Å². The van der Waals surface area contributed by atoms with Crippen molar-refractivity contribution in [3.05, 3.63) is 0 Å². The van der Waals surface area contributed by atoms with Crippen LogP contribution in [0.3, 0.4) is 0 Å². The molecule has 0 N–H and O–H groups in total. The third-order valence-corrected chi connectivity index (χ3v) is 3.42. The molecule has 3 atom stereocenters. The molecule has 1 fully saturated rings. The van der Waals surface area contributed by atoms with Crippen LogP contribution in [0.5, 0.6) is 0 Å². The average Bonchev–Trinajstić information content (AvgIpc) is 2.27. The van der Waals surface area contributed by atoms with Crippen LogP contribution in [0.15, 0.2) is 0 Å². The minimum Gasteiger partial charge on any atom is -0.302 e. The van der Waals surface area contributed by atoms with E-state index in [1.54, 1.807) is 7.11 Å². The van der Waals surface area contributed by atoms with E-state index in [1.165, 1.54) is 12.8 Å². The van der Waals surface area contributed by atoms with E-state index < -0.39 is 0 Å². The van der Waals surface area contributed by atoms with Gasteiger partial charge < -0.3 is 4.84 Å². The first-order chi connectivity index (χ1) is 6.72. The van der Waals surface area contributed by atoms with E-state index >= 15 is 0 Å². The van der Waals surface area contributed by atoms with Crippen molar-refractivity contribution in [1.82, 2.24) is 5.06 Å². The summed E-state index contributed by atoms with van der Waals surface area (Å²) in [4.78, 5) is 5.20. The molecular weight excluding hydrogens is 176 g/mol. The lowest BCUT2D eigenvalue weighted by Crippen LogP contribution is -2.41. The third-order valence-electron chi connectivity index (χ3n) is 3.42. The van der Waals surface area contributed by atoms with Crippen LogP contribution in [-0.4, -0.2) is 25.3 Å². The zero-order valence-electron chi connectivity index (χ0n) is 9.36. The van der Waals surface area contributed by atoms with E-state index in [2.05, 4.69) is 13.0 Å². The van der Waals surface area contributed by atoms with Crippen molar-refractivity contribution in [2.45, 2.75) is 38.6 Å². The topological polar surface area (TPSA) is 36.3 Å². The summed E-state index contributed by atoms with van der Waals surface area (Å²) in [6.45, 7) is 2.22. The molecule has 0 heterocycles. The maximum Gasteiger partial charge on any atom is 0.0673 e. The summed E-state index contributed by atoms with van der Waals surface area (Å²) in [5.74, 6) is 0.907. The summed E-state index contributed by atoms with van der Waals surface area (Å²) in [5, 5.41) is 10.9. The lowest BCUT2D eigenvalue weighted by Gasteiger charge is -2.36. The highest BCUT2D eigenvalue weighted by atomic mass is 16.7. The van der Waals surface area contributed by atoms with Crippen molar-refractivity contribution in [3.8, 4) is 6.07 Å². The molecule has 0 saturated heterocycles. The van der Waals surface area contributed by atoms with Gasteiger partial charge >= 0.3 is 0 Å². The molecule has 3 heteroatoms. The molecule has 1 aliphatic rings. The standard InChI is InChI=1S/C11H20N2O/c1-4-9-5-6-10(8-12)11(7-9)13(2)14-3/h9-11H,4-7H2,1-3H3. The number of nitrogens with zero attached hydrogens (tertiary/aromatic N) is 2. The predicted molar refractivity (Wildman–Crippen MR) is 55.3 cm³/mol. The fourth-order valence-corrected chi connectivity index (χ4v) is 2.29. The normalized spacial score (nSPS) is 32.9. The molecule has 1 rings (SSSR count). The highest BCUT2D eigenvalue weighted by Crippen LogP contribution is 2.33. The van der Waals surface area contributed by atoms with E-state index in [-0.39, 0.29) is 12.0 Å². The van der Waals surface area contributed by atoms with Gasteiger partial charge in [-0.05, 0) is 25.2 Å². The molecule has 0 amide bonds. The van der Waals surface area contributed by atoms with Crippen LogP contribution >= 0.6 is 0 Å². The van der Waals surface area contributed by atoms with E-state index in [4.69, 9.17) is 10.1 Å². The molecule has 0 spiro atoms. The largest absolute Gasteiger partial charge is 0.302 e. The molecule has 0 aliphatic heterocycles. The molecule has 1 aliphatic carbocycles. The zero-order valence-corrected chi connectivity index (χ0v) is 9.36. The summed E-state index contributed by atoms with van der Waals surface area (Å²) in [5.41, 5.74) is 0. The number of hydrogen-bond acceptors (Lipinski definition) is 3. The summed E-state index contributed by atoms with van der Waals surface area (Å²) in [6.07, 6.45) is 4.53. The Hall–Kier alpha value is -0.590. The van der Waals surface area contributed by atoms with Crippen molar-refractivity contribution in [3.63, 3.8) is 0 Å². The van der Waals surface area contributed by atoms with Crippen LogP contribution < -0.4 is 0 Å². The van der Waals surface area contributed by atoms with E-state index in [1.807, 2.05) is 12.1 Å². The quantitative estimate of drug-likeness (QED) is 0.649. The second kappa shape index (κ2) is 5.33. The SMILES string of the molecule is CCC1CCC(C#N)C(N(C)OC)C1. The molecule has 1 saturated carbocycles. The van der Waals surface area contributed by atoms with Crippen molar-refractivity contribution in [1.29, 1.82) is 5.26 Å². The van der Waals surface area contributed by atoms with E-state index in [9.17, 15) is 0 Å². The Labute approximate surface area is 86.6 Å². The van der Waals surface area contributed by atoms with Crippen LogP contribution in [0.25, 0.3) is 0 Å². The molecule has 0 radical (unpaired) electrons. The molecule has 14 heavy (non-hydrogen) atoms. The lowest BCUT2D eigenvalue weighted by atomic mass is 9.78. The van der Waals surface area contributed by atoms with Gasteiger partial charge in [-0.3, -0.25) is 0 Å². The number of hydrogen-bond donors (Lipinski definition) is 0. The van der Waals surface area contributed by atoms with Crippen molar-refractivity contribution in [2.24, 2.45) is 11.8 Å². The first kappa shape index (κ1) is 11.5. The molecule has 3 nitrogen and oxygen atoms in total. The van der Waals surface area contributed by atoms with Crippen molar-refractivity contribution in [2.75, 3.05) is 14.2 Å². The van der Waals surface area contributed by atoms with Crippen LogP contribution in [-0.2, 0) is 4.84 Å². The van der Waals surface area contributed by atoms with Gasteiger partial charge in [0.15, 0.2) is 0 Å². The highest BCUT2D eigenvalue weighted by molar-refractivity contribution is 4.95. The Morgan fingerprint density at radius 3 is 2.71 bits per heavy atom. The fourth-order valence-electron chi connectivity index (χ4n) is 2.29. The Morgan fingerprint density at radius 2 is 2.21 bits per heavy atom. The van der Waals surface area contributed by atoms with Crippen LogP contribution in [0.1, 0.15) is 32.6 Å². The summed E-state index contributed by atoms with van der Waals surface area (Å²) < 4.78 is 0. The first-order valence-corrected chi connectivity index (χ1v) is 5.39. The maximum absolute atomic E-state index is 9.03. The molecular formula is C11H20N2O. The second-order valence-corrected chi connectivity index (χ2v) is 4.12. The van der Waals surface area contributed by atoms with Gasteiger partial charge in [-0.15, -0.1) is 0 Å². The van der Waals surface area contributed by atoms with Crippen molar-refractivity contribution < 1.29 is 4.84 Å². The van der Waals surface area contributed by atoms with Crippen LogP contribution in [0, 0.1) is 23.2 Å². The van der Waals surface area contributed by atoms with Gasteiger partial charge in [0.1, 0.15) is 0 Å². The Kier molecular flexibility index (Phi) is 4.37. The number of nitriles is 1. The Bertz CT molecular complexity index is 212. The monoisotopic (exact) mass is 196 g/mol. The van der Waals surface area contributed by atoms with E-state index in [0.717, 1.165) is 18.8 Å². The van der Waals surface area contributed by atoms with Gasteiger partial charge in [-0.25, -0.2) is 0 Å². The molecule has 3 unspecified atom stereocenters. The maximum atomic E-state index is 9.03. The Balaban J connectivity index is 2.61. The summed E-state index contributed by atoms with van der Waals surface area (Å²) in [7, 11) is 3.59. The highest BCUT2D eigenvalue weighted by Gasteiger charge is 2.32. The fraction of sp³-hybridized carbons (Fsp3) is 0.909. The lowest BCUT2D eigenvalue weighted by molar-refractivity contribution is -0.159. The van der Waals surface area contributed by atoms with E-state index in [0.29, 0.717) is 0 Å². The summed E-state index contributed by atoms with van der Waals surface area (Å²) in [6, 6.07) is 2.67. The van der Waals surface area contributed by atoms with Gasteiger partial charge in [-0.1, -0.05) is 13.3 Å². The van der Waals surface area contributed by atoms with Crippen molar-refractivity contribution >= 4 is 0 Å². The molecule has 0 aromatic rings. The molecule has 80 valence electrons. The predicted octanol–water partition coefficient (Wildman–Crippen LogP) is 2.20. The van der Waals surface area contributed by atoms with Crippen LogP contribution in [0.2, 0.25) is 0 Å². The van der Waals surface area contributed by atoms with Gasteiger partial charge in [0, 0.05) is 7.05 Å². The minimum absolute atomic E-state index is 0.141.